The maximum absolute atomic E-state index is 12.0. The molecule has 1 aliphatic rings. The summed E-state index contributed by atoms with van der Waals surface area (Å²) in [6.45, 7) is 4.70. The monoisotopic (exact) mass is 241 g/mol. The molecule has 98 valence electrons. The van der Waals surface area contributed by atoms with Gasteiger partial charge in [-0.15, -0.1) is 0 Å². The molecule has 0 aromatic heterocycles. The average molecular weight is 241 g/mol. The minimum atomic E-state index is -0.311. The Labute approximate surface area is 103 Å². The Hall–Kier alpha value is -1.06. The molecule has 17 heavy (non-hydrogen) atoms. The predicted molar refractivity (Wildman–Crippen MR) is 65.5 cm³/mol. The molecular weight excluding hydrogens is 218 g/mol. The Morgan fingerprint density at radius 2 is 1.88 bits per heavy atom. The minimum Gasteiger partial charge on any atom is -0.465 e. The molecule has 0 heterocycles. The zero-order valence-electron chi connectivity index (χ0n) is 10.9. The fourth-order valence-corrected chi connectivity index (χ4v) is 2.33. The van der Waals surface area contributed by atoms with Gasteiger partial charge in [-0.25, -0.2) is 0 Å². The van der Waals surface area contributed by atoms with E-state index in [0.717, 1.165) is 12.8 Å². The first-order valence-corrected chi connectivity index (χ1v) is 6.60. The van der Waals surface area contributed by atoms with Crippen LogP contribution < -0.4 is 0 Å². The van der Waals surface area contributed by atoms with Gasteiger partial charge < -0.3 is 9.64 Å². The summed E-state index contributed by atoms with van der Waals surface area (Å²) in [5, 5.41) is 0. The zero-order valence-corrected chi connectivity index (χ0v) is 10.9. The van der Waals surface area contributed by atoms with Crippen LogP contribution in [-0.4, -0.2) is 36.5 Å². The van der Waals surface area contributed by atoms with Crippen LogP contribution >= 0.6 is 0 Å². The third-order valence-corrected chi connectivity index (χ3v) is 3.30. The lowest BCUT2D eigenvalue weighted by Crippen LogP contribution is -2.37. The predicted octanol–water partition coefficient (Wildman–Crippen LogP) is 1.98. The molecule has 0 aromatic carbocycles. The summed E-state index contributed by atoms with van der Waals surface area (Å²) in [6.07, 6.45) is 5.38. The molecular formula is C13H23NO3. The average Bonchev–Trinajstić information content (AvgIpc) is 2.78. The fourth-order valence-electron chi connectivity index (χ4n) is 2.33. The minimum absolute atomic E-state index is 0.0902. The van der Waals surface area contributed by atoms with E-state index >= 15 is 0 Å². The molecule has 1 rings (SSSR count). The normalized spacial score (nSPS) is 15.9. The smallest absolute Gasteiger partial charge is 0.325 e. The van der Waals surface area contributed by atoms with Crippen LogP contribution in [0.5, 0.6) is 0 Å². The van der Waals surface area contributed by atoms with E-state index in [0.29, 0.717) is 25.5 Å². The van der Waals surface area contributed by atoms with E-state index in [1.807, 2.05) is 6.92 Å². The van der Waals surface area contributed by atoms with Gasteiger partial charge in [-0.3, -0.25) is 9.59 Å². The van der Waals surface area contributed by atoms with Gasteiger partial charge in [0.1, 0.15) is 6.54 Å². The largest absolute Gasteiger partial charge is 0.465 e. The molecule has 0 aliphatic heterocycles. The summed E-state index contributed by atoms with van der Waals surface area (Å²) in [5.41, 5.74) is 0. The maximum atomic E-state index is 12.0. The van der Waals surface area contributed by atoms with Crippen LogP contribution in [0.1, 0.15) is 46.0 Å². The van der Waals surface area contributed by atoms with Gasteiger partial charge in [0.15, 0.2) is 0 Å². The lowest BCUT2D eigenvalue weighted by atomic mass is 10.0. The molecule has 0 saturated heterocycles. The number of carbonyl (C=O) groups is 2. The number of hydrogen-bond acceptors (Lipinski definition) is 3. The summed E-state index contributed by atoms with van der Waals surface area (Å²) < 4.78 is 4.86. The van der Waals surface area contributed by atoms with E-state index < -0.39 is 0 Å². The number of hydrogen-bond donors (Lipinski definition) is 0. The van der Waals surface area contributed by atoms with Gasteiger partial charge in [-0.2, -0.15) is 0 Å². The van der Waals surface area contributed by atoms with Crippen LogP contribution in [0, 0.1) is 5.92 Å². The number of carbonyl (C=O) groups excluding carboxylic acids is 2. The van der Waals surface area contributed by atoms with Gasteiger partial charge in [-0.1, -0.05) is 12.8 Å². The van der Waals surface area contributed by atoms with Gasteiger partial charge >= 0.3 is 5.97 Å². The molecule has 0 N–H and O–H groups in total. The van der Waals surface area contributed by atoms with Crippen molar-refractivity contribution in [2.75, 3.05) is 19.7 Å². The molecule has 0 aromatic rings. The lowest BCUT2D eigenvalue weighted by molar-refractivity contribution is -0.149. The molecule has 4 nitrogen and oxygen atoms in total. The Bertz CT molecular complexity index is 259. The van der Waals surface area contributed by atoms with Gasteiger partial charge in [0.2, 0.25) is 5.91 Å². The second-order valence-electron chi connectivity index (χ2n) is 4.57. The van der Waals surface area contributed by atoms with Crippen LogP contribution in [0.15, 0.2) is 0 Å². The summed E-state index contributed by atoms with van der Waals surface area (Å²) in [4.78, 5) is 24.9. The van der Waals surface area contributed by atoms with Crippen LogP contribution in [0.4, 0.5) is 0 Å². The van der Waals surface area contributed by atoms with E-state index in [1.165, 1.54) is 12.8 Å². The first kappa shape index (κ1) is 14.0. The third-order valence-electron chi connectivity index (χ3n) is 3.30. The van der Waals surface area contributed by atoms with Crippen molar-refractivity contribution in [2.24, 2.45) is 5.92 Å². The first-order valence-electron chi connectivity index (χ1n) is 6.60. The van der Waals surface area contributed by atoms with Crippen molar-refractivity contribution in [1.29, 1.82) is 0 Å². The zero-order chi connectivity index (χ0) is 12.7. The van der Waals surface area contributed by atoms with Gasteiger partial charge in [0, 0.05) is 13.0 Å². The van der Waals surface area contributed by atoms with E-state index in [9.17, 15) is 9.59 Å². The molecule has 4 heteroatoms. The van der Waals surface area contributed by atoms with E-state index in [1.54, 1.807) is 11.8 Å². The highest BCUT2D eigenvalue weighted by molar-refractivity contribution is 5.82. The van der Waals surface area contributed by atoms with Crippen molar-refractivity contribution < 1.29 is 14.3 Å². The van der Waals surface area contributed by atoms with Crippen molar-refractivity contribution in [3.8, 4) is 0 Å². The summed E-state index contributed by atoms with van der Waals surface area (Å²) in [5.74, 6) is 0.306. The fraction of sp³-hybridized carbons (Fsp3) is 0.846. The second-order valence-corrected chi connectivity index (χ2v) is 4.57. The SMILES string of the molecule is CCOC(=O)CN(CC)C(=O)CC1CCCC1. The number of ether oxygens (including phenoxy) is 1. The summed E-state index contributed by atoms with van der Waals surface area (Å²) in [7, 11) is 0. The van der Waals surface area contributed by atoms with Gasteiger partial charge in [0.05, 0.1) is 6.61 Å². The highest BCUT2D eigenvalue weighted by Crippen LogP contribution is 2.27. The van der Waals surface area contributed by atoms with Crippen LogP contribution in [-0.2, 0) is 14.3 Å². The van der Waals surface area contributed by atoms with Crippen LogP contribution in [0.3, 0.4) is 0 Å². The molecule has 1 aliphatic carbocycles. The number of esters is 1. The number of nitrogens with zero attached hydrogens (tertiary/aromatic N) is 1. The van der Waals surface area contributed by atoms with E-state index in [-0.39, 0.29) is 18.4 Å². The Balaban J connectivity index is 2.37. The second kappa shape index (κ2) is 7.30. The summed E-state index contributed by atoms with van der Waals surface area (Å²) >= 11 is 0. The molecule has 1 saturated carbocycles. The molecule has 0 radical (unpaired) electrons. The van der Waals surface area contributed by atoms with E-state index in [2.05, 4.69) is 0 Å². The van der Waals surface area contributed by atoms with Crippen molar-refractivity contribution in [2.45, 2.75) is 46.0 Å². The first-order chi connectivity index (χ1) is 8.17. The maximum Gasteiger partial charge on any atom is 0.325 e. The van der Waals surface area contributed by atoms with Gasteiger partial charge in [-0.05, 0) is 32.6 Å². The highest BCUT2D eigenvalue weighted by Gasteiger charge is 2.22. The number of rotatable bonds is 6. The molecule has 0 bridgehead atoms. The van der Waals surface area contributed by atoms with Crippen molar-refractivity contribution in [3.05, 3.63) is 0 Å². The standard InChI is InChI=1S/C13H23NO3/c1-3-14(10-13(16)17-4-2)12(15)9-11-7-5-6-8-11/h11H,3-10H2,1-2H3. The van der Waals surface area contributed by atoms with Gasteiger partial charge in [0.25, 0.3) is 0 Å². The summed E-state index contributed by atoms with van der Waals surface area (Å²) in [6, 6.07) is 0. The molecule has 0 atom stereocenters. The van der Waals surface area contributed by atoms with Crippen LogP contribution in [0.2, 0.25) is 0 Å². The molecule has 1 fully saturated rings. The Morgan fingerprint density at radius 1 is 1.24 bits per heavy atom. The topological polar surface area (TPSA) is 46.6 Å². The van der Waals surface area contributed by atoms with E-state index in [4.69, 9.17) is 4.74 Å². The Morgan fingerprint density at radius 3 is 2.41 bits per heavy atom. The number of amides is 1. The highest BCUT2D eigenvalue weighted by atomic mass is 16.5. The molecule has 0 spiro atoms. The van der Waals surface area contributed by atoms with Crippen molar-refractivity contribution in [3.63, 3.8) is 0 Å². The third kappa shape index (κ3) is 4.75. The quantitative estimate of drug-likeness (QED) is 0.668. The molecule has 0 unspecified atom stereocenters. The Kier molecular flexibility index (Phi) is 6.01. The molecule has 1 amide bonds. The lowest BCUT2D eigenvalue weighted by Gasteiger charge is -2.21. The van der Waals surface area contributed by atoms with Crippen molar-refractivity contribution in [1.82, 2.24) is 4.90 Å². The van der Waals surface area contributed by atoms with Crippen LogP contribution in [0.25, 0.3) is 0 Å². The number of likely N-dealkylation sites (N-methyl/N-ethyl adjacent to an activating group) is 1. The van der Waals surface area contributed by atoms with Crippen molar-refractivity contribution >= 4 is 11.9 Å².